The topological polar surface area (TPSA) is 42.7 Å². The number of pyridine rings is 1. The highest BCUT2D eigenvalue weighted by molar-refractivity contribution is 5.83. The summed E-state index contributed by atoms with van der Waals surface area (Å²) in [6.07, 6.45) is 1.98. The summed E-state index contributed by atoms with van der Waals surface area (Å²) in [6, 6.07) is 12.6. The van der Waals surface area contributed by atoms with Crippen molar-refractivity contribution in [2.75, 3.05) is 6.54 Å². The molecule has 2 heterocycles. The summed E-state index contributed by atoms with van der Waals surface area (Å²) in [6.45, 7) is 5.04. The molecule has 1 N–H and O–H groups in total. The second-order valence-electron chi connectivity index (χ2n) is 5.27. The van der Waals surface area contributed by atoms with Gasteiger partial charge in [-0.2, -0.15) is 5.10 Å². The normalized spacial score (nSPS) is 12.7. The van der Waals surface area contributed by atoms with Gasteiger partial charge in [0, 0.05) is 24.3 Å². The molecule has 1 unspecified atom stereocenters. The summed E-state index contributed by atoms with van der Waals surface area (Å²) >= 11 is 0. The first-order valence-corrected chi connectivity index (χ1v) is 7.28. The van der Waals surface area contributed by atoms with Crippen LogP contribution in [-0.2, 0) is 7.05 Å². The summed E-state index contributed by atoms with van der Waals surface area (Å²) in [7, 11) is 1.95. The molecule has 21 heavy (non-hydrogen) atoms. The predicted octanol–water partition coefficient (Wildman–Crippen LogP) is 2.98. The van der Waals surface area contributed by atoms with E-state index in [1.165, 1.54) is 10.9 Å². The molecule has 0 aliphatic heterocycles. The molecule has 0 radical (unpaired) electrons. The van der Waals surface area contributed by atoms with Gasteiger partial charge in [0.05, 0.1) is 17.3 Å². The molecule has 0 saturated heterocycles. The minimum absolute atomic E-state index is 0.0859. The van der Waals surface area contributed by atoms with Crippen LogP contribution in [-0.4, -0.2) is 21.3 Å². The van der Waals surface area contributed by atoms with E-state index in [4.69, 9.17) is 0 Å². The largest absolute Gasteiger partial charge is 0.305 e. The number of nitrogens with one attached hydrogen (secondary N) is 1. The summed E-state index contributed by atoms with van der Waals surface area (Å²) < 4.78 is 1.84. The molecular weight excluding hydrogens is 260 g/mol. The van der Waals surface area contributed by atoms with Gasteiger partial charge in [-0.05, 0) is 37.2 Å². The molecule has 4 heteroatoms. The lowest BCUT2D eigenvalue weighted by Crippen LogP contribution is -2.23. The summed E-state index contributed by atoms with van der Waals surface area (Å²) in [4.78, 5) is 4.62. The van der Waals surface area contributed by atoms with E-state index in [2.05, 4.69) is 52.7 Å². The van der Waals surface area contributed by atoms with Crippen molar-refractivity contribution in [2.24, 2.45) is 7.05 Å². The number of nitrogens with zero attached hydrogens (tertiary/aromatic N) is 3. The standard InChI is InChI=1S/C17H20N4/c1-4-18-17(16-9-10-21(3)20-16)14-11-12(2)19-15-8-6-5-7-13(14)15/h5-11,17-18H,4H2,1-3H3. The third-order valence-corrected chi connectivity index (χ3v) is 3.63. The molecule has 2 aromatic heterocycles. The number of aromatic nitrogens is 3. The summed E-state index contributed by atoms with van der Waals surface area (Å²) in [5, 5.41) is 9.30. The van der Waals surface area contributed by atoms with Crippen molar-refractivity contribution in [3.8, 4) is 0 Å². The highest BCUT2D eigenvalue weighted by atomic mass is 15.3. The number of rotatable bonds is 4. The quantitative estimate of drug-likeness (QED) is 0.799. The molecule has 3 aromatic rings. The lowest BCUT2D eigenvalue weighted by Gasteiger charge is -2.19. The number of aryl methyl sites for hydroxylation is 2. The molecular formula is C17H20N4. The highest BCUT2D eigenvalue weighted by Gasteiger charge is 2.18. The number of hydrogen-bond donors (Lipinski definition) is 1. The van der Waals surface area contributed by atoms with Gasteiger partial charge in [-0.3, -0.25) is 9.67 Å². The van der Waals surface area contributed by atoms with E-state index in [0.29, 0.717) is 0 Å². The minimum Gasteiger partial charge on any atom is -0.305 e. The van der Waals surface area contributed by atoms with E-state index in [1.807, 2.05) is 30.9 Å². The average molecular weight is 280 g/mol. The Hall–Kier alpha value is -2.20. The van der Waals surface area contributed by atoms with Crippen LogP contribution in [0.25, 0.3) is 10.9 Å². The summed E-state index contributed by atoms with van der Waals surface area (Å²) in [5.74, 6) is 0. The maximum atomic E-state index is 4.62. The van der Waals surface area contributed by atoms with Gasteiger partial charge in [0.1, 0.15) is 0 Å². The van der Waals surface area contributed by atoms with Crippen molar-refractivity contribution in [1.29, 1.82) is 0 Å². The zero-order chi connectivity index (χ0) is 14.8. The van der Waals surface area contributed by atoms with Gasteiger partial charge in [-0.15, -0.1) is 0 Å². The van der Waals surface area contributed by atoms with E-state index in [-0.39, 0.29) is 6.04 Å². The van der Waals surface area contributed by atoms with Crippen LogP contribution in [0.4, 0.5) is 0 Å². The Balaban J connectivity index is 2.19. The third-order valence-electron chi connectivity index (χ3n) is 3.63. The van der Waals surface area contributed by atoms with Crippen molar-refractivity contribution >= 4 is 10.9 Å². The molecule has 0 fully saturated rings. The Kier molecular flexibility index (Phi) is 3.71. The fourth-order valence-electron chi connectivity index (χ4n) is 2.74. The van der Waals surface area contributed by atoms with E-state index < -0.39 is 0 Å². The van der Waals surface area contributed by atoms with Crippen molar-refractivity contribution in [2.45, 2.75) is 19.9 Å². The second kappa shape index (κ2) is 5.66. The zero-order valence-corrected chi connectivity index (χ0v) is 12.7. The van der Waals surface area contributed by atoms with Gasteiger partial charge in [0.25, 0.3) is 0 Å². The molecule has 0 spiro atoms. The van der Waals surface area contributed by atoms with Gasteiger partial charge in [-0.25, -0.2) is 0 Å². The van der Waals surface area contributed by atoms with Crippen molar-refractivity contribution in [3.63, 3.8) is 0 Å². The van der Waals surface area contributed by atoms with Crippen LogP contribution in [0.3, 0.4) is 0 Å². The Morgan fingerprint density at radius 2 is 2.05 bits per heavy atom. The van der Waals surface area contributed by atoms with E-state index in [9.17, 15) is 0 Å². The van der Waals surface area contributed by atoms with E-state index in [0.717, 1.165) is 23.4 Å². The fraction of sp³-hybridized carbons (Fsp3) is 0.294. The lowest BCUT2D eigenvalue weighted by atomic mass is 9.98. The number of benzene rings is 1. The van der Waals surface area contributed by atoms with Crippen LogP contribution in [0.2, 0.25) is 0 Å². The van der Waals surface area contributed by atoms with Crippen LogP contribution in [0.5, 0.6) is 0 Å². The number of hydrogen-bond acceptors (Lipinski definition) is 3. The molecule has 0 aliphatic carbocycles. The SMILES string of the molecule is CCNC(c1ccn(C)n1)c1cc(C)nc2ccccc12. The zero-order valence-electron chi connectivity index (χ0n) is 12.7. The average Bonchev–Trinajstić information content (AvgIpc) is 2.90. The Morgan fingerprint density at radius 1 is 1.24 bits per heavy atom. The molecule has 1 atom stereocenters. The Morgan fingerprint density at radius 3 is 2.76 bits per heavy atom. The van der Waals surface area contributed by atoms with Gasteiger partial charge in [0.15, 0.2) is 0 Å². The monoisotopic (exact) mass is 280 g/mol. The second-order valence-corrected chi connectivity index (χ2v) is 5.27. The van der Waals surface area contributed by atoms with Gasteiger partial charge in [0.2, 0.25) is 0 Å². The van der Waals surface area contributed by atoms with Crippen LogP contribution in [0.1, 0.15) is 29.9 Å². The molecule has 3 rings (SSSR count). The van der Waals surface area contributed by atoms with E-state index in [1.54, 1.807) is 0 Å². The predicted molar refractivity (Wildman–Crippen MR) is 85.2 cm³/mol. The molecule has 1 aromatic carbocycles. The van der Waals surface area contributed by atoms with Crippen LogP contribution < -0.4 is 5.32 Å². The molecule has 0 amide bonds. The van der Waals surface area contributed by atoms with Crippen molar-refractivity contribution in [3.05, 3.63) is 59.5 Å². The van der Waals surface area contributed by atoms with Gasteiger partial charge < -0.3 is 5.32 Å². The van der Waals surface area contributed by atoms with Crippen LogP contribution in [0.15, 0.2) is 42.6 Å². The van der Waals surface area contributed by atoms with Crippen LogP contribution in [0, 0.1) is 6.92 Å². The fourth-order valence-corrected chi connectivity index (χ4v) is 2.74. The molecule has 0 bridgehead atoms. The molecule has 0 saturated carbocycles. The van der Waals surface area contributed by atoms with E-state index >= 15 is 0 Å². The maximum Gasteiger partial charge on any atom is 0.0839 e. The highest BCUT2D eigenvalue weighted by Crippen LogP contribution is 2.28. The van der Waals surface area contributed by atoms with Gasteiger partial charge >= 0.3 is 0 Å². The third kappa shape index (κ3) is 2.67. The van der Waals surface area contributed by atoms with Crippen LogP contribution >= 0.6 is 0 Å². The first-order chi connectivity index (χ1) is 10.2. The smallest absolute Gasteiger partial charge is 0.0839 e. The first kappa shape index (κ1) is 13.8. The van der Waals surface area contributed by atoms with Crippen molar-refractivity contribution in [1.82, 2.24) is 20.1 Å². The first-order valence-electron chi connectivity index (χ1n) is 7.28. The minimum atomic E-state index is 0.0859. The maximum absolute atomic E-state index is 4.62. The lowest BCUT2D eigenvalue weighted by molar-refractivity contribution is 0.602. The van der Waals surface area contributed by atoms with Crippen molar-refractivity contribution < 1.29 is 0 Å². The van der Waals surface area contributed by atoms with Gasteiger partial charge in [-0.1, -0.05) is 25.1 Å². The number of fused-ring (bicyclic) bond motifs is 1. The number of para-hydroxylation sites is 1. The molecule has 108 valence electrons. The Labute approximate surface area is 124 Å². The Bertz CT molecular complexity index is 760. The molecule has 4 nitrogen and oxygen atoms in total. The molecule has 0 aliphatic rings. The summed E-state index contributed by atoms with van der Waals surface area (Å²) in [5.41, 5.74) is 4.34.